The maximum Gasteiger partial charge on any atom is 0.333 e. The third-order valence-corrected chi connectivity index (χ3v) is 3.60. The number of carbonyl (C=O) groups excluding carboxylic acids is 1. The third-order valence-electron chi connectivity index (χ3n) is 3.32. The van der Waals surface area contributed by atoms with Gasteiger partial charge in [-0.25, -0.2) is 9.67 Å². The maximum absolute atomic E-state index is 13.7. The fourth-order valence-electron chi connectivity index (χ4n) is 2.04. The molecule has 0 saturated carbocycles. The highest BCUT2D eigenvalue weighted by molar-refractivity contribution is 6.34. The van der Waals surface area contributed by atoms with Crippen molar-refractivity contribution in [3.63, 3.8) is 0 Å². The normalized spacial score (nSPS) is 12.5. The highest BCUT2D eigenvalue weighted by Gasteiger charge is 2.20. The van der Waals surface area contributed by atoms with E-state index in [9.17, 15) is 18.0 Å². The predicted octanol–water partition coefficient (Wildman–Crippen LogP) is 3.20. The van der Waals surface area contributed by atoms with Crippen molar-refractivity contribution in [3.8, 4) is 0 Å². The maximum atomic E-state index is 13.7. The van der Waals surface area contributed by atoms with Crippen LogP contribution in [0.25, 0.3) is 0 Å². The predicted molar refractivity (Wildman–Crippen MR) is 80.8 cm³/mol. The second kappa shape index (κ2) is 7.63. The number of pyridine rings is 1. The van der Waals surface area contributed by atoms with Crippen LogP contribution >= 0.6 is 11.6 Å². The first-order chi connectivity index (χ1) is 11.3. The molecule has 0 saturated heterocycles. The van der Waals surface area contributed by atoms with Crippen LogP contribution in [0.2, 0.25) is 5.02 Å². The summed E-state index contributed by atoms with van der Waals surface area (Å²) in [6.45, 7) is -1.36. The Kier molecular flexibility index (Phi) is 5.79. The first kappa shape index (κ1) is 18.2. The molecular weight excluding hydrogens is 349 g/mol. The van der Waals surface area contributed by atoms with Gasteiger partial charge in [-0.15, -0.1) is 0 Å². The van der Waals surface area contributed by atoms with Crippen molar-refractivity contribution in [2.45, 2.75) is 25.8 Å². The number of hydrogen-bond acceptors (Lipinski definition) is 4. The minimum atomic E-state index is -2.93. The van der Waals surface area contributed by atoms with E-state index in [0.29, 0.717) is 6.42 Å². The Morgan fingerprint density at radius 2 is 2.21 bits per heavy atom. The lowest BCUT2D eigenvalue weighted by molar-refractivity contribution is 0.0561. The van der Waals surface area contributed by atoms with Crippen LogP contribution in [-0.2, 0) is 0 Å². The molecule has 2 heterocycles. The SMILES string of the molecule is CC(CCO)c1cc(NC(=O)c2nn(C(F)F)cc2Cl)cnc1F. The van der Waals surface area contributed by atoms with Gasteiger partial charge in [-0.3, -0.25) is 4.79 Å². The molecule has 2 aromatic heterocycles. The standard InChI is InChI=1S/C14H14ClF3N4O2/c1-7(2-3-23)9-4-8(5-19-12(9)16)20-13(24)11-10(15)6-22(21-11)14(17)18/h4-7,14,23H,2-3H2,1H3,(H,20,24). The lowest BCUT2D eigenvalue weighted by Crippen LogP contribution is -2.15. The van der Waals surface area contributed by atoms with Crippen molar-refractivity contribution in [2.24, 2.45) is 0 Å². The van der Waals surface area contributed by atoms with Gasteiger partial charge < -0.3 is 10.4 Å². The minimum Gasteiger partial charge on any atom is -0.396 e. The number of rotatable bonds is 6. The van der Waals surface area contributed by atoms with Gasteiger partial charge in [-0.2, -0.15) is 18.3 Å². The van der Waals surface area contributed by atoms with Gasteiger partial charge in [0.25, 0.3) is 5.91 Å². The summed E-state index contributed by atoms with van der Waals surface area (Å²) >= 11 is 5.72. The number of aromatic nitrogens is 3. The van der Waals surface area contributed by atoms with Crippen LogP contribution in [0, 0.1) is 5.95 Å². The molecule has 2 aromatic rings. The summed E-state index contributed by atoms with van der Waals surface area (Å²) in [5.74, 6) is -1.86. The summed E-state index contributed by atoms with van der Waals surface area (Å²) in [6.07, 6.45) is 2.24. The molecule has 0 spiro atoms. The molecule has 0 aliphatic rings. The molecular formula is C14H14ClF3N4O2. The fourth-order valence-corrected chi connectivity index (χ4v) is 2.27. The Morgan fingerprint density at radius 3 is 2.79 bits per heavy atom. The Hall–Kier alpha value is -2.13. The van der Waals surface area contributed by atoms with Crippen LogP contribution in [0.4, 0.5) is 18.9 Å². The molecule has 0 aliphatic carbocycles. The highest BCUT2D eigenvalue weighted by Crippen LogP contribution is 2.24. The zero-order valence-corrected chi connectivity index (χ0v) is 13.3. The van der Waals surface area contributed by atoms with Gasteiger partial charge in [-0.1, -0.05) is 18.5 Å². The summed E-state index contributed by atoms with van der Waals surface area (Å²) in [5.41, 5.74) is -0.0128. The van der Waals surface area contributed by atoms with Gasteiger partial charge in [0.05, 0.1) is 23.1 Å². The quantitative estimate of drug-likeness (QED) is 0.773. The molecule has 6 nitrogen and oxygen atoms in total. The van der Waals surface area contributed by atoms with Gasteiger partial charge >= 0.3 is 6.55 Å². The number of nitrogens with zero attached hydrogens (tertiary/aromatic N) is 3. The Balaban J connectivity index is 2.21. The van der Waals surface area contributed by atoms with E-state index in [1.807, 2.05) is 0 Å². The number of aliphatic hydroxyl groups excluding tert-OH is 1. The molecule has 1 atom stereocenters. The van der Waals surface area contributed by atoms with Crippen LogP contribution in [0.5, 0.6) is 0 Å². The number of halogens is 4. The van der Waals surface area contributed by atoms with E-state index in [1.165, 1.54) is 6.07 Å². The zero-order chi connectivity index (χ0) is 17.9. The molecule has 0 radical (unpaired) electrons. The number of anilines is 1. The summed E-state index contributed by atoms with van der Waals surface area (Å²) in [7, 11) is 0. The molecule has 10 heteroatoms. The topological polar surface area (TPSA) is 80.0 Å². The van der Waals surface area contributed by atoms with E-state index in [-0.39, 0.29) is 39.2 Å². The van der Waals surface area contributed by atoms with Crippen molar-refractivity contribution in [1.29, 1.82) is 0 Å². The number of carbonyl (C=O) groups is 1. The van der Waals surface area contributed by atoms with E-state index >= 15 is 0 Å². The average molecular weight is 363 g/mol. The van der Waals surface area contributed by atoms with Gasteiger partial charge in [-0.05, 0) is 18.4 Å². The minimum absolute atomic E-state index is 0.127. The van der Waals surface area contributed by atoms with Crippen LogP contribution in [0.15, 0.2) is 18.5 Å². The first-order valence-electron chi connectivity index (χ1n) is 6.94. The van der Waals surface area contributed by atoms with Gasteiger partial charge in [0.2, 0.25) is 5.95 Å². The molecule has 1 amide bonds. The highest BCUT2D eigenvalue weighted by atomic mass is 35.5. The number of hydrogen-bond donors (Lipinski definition) is 2. The van der Waals surface area contributed by atoms with Crippen molar-refractivity contribution in [1.82, 2.24) is 14.8 Å². The Morgan fingerprint density at radius 1 is 1.50 bits per heavy atom. The van der Waals surface area contributed by atoms with E-state index in [1.54, 1.807) is 6.92 Å². The summed E-state index contributed by atoms with van der Waals surface area (Å²) in [6, 6.07) is 1.36. The van der Waals surface area contributed by atoms with E-state index in [2.05, 4.69) is 15.4 Å². The lowest BCUT2D eigenvalue weighted by Gasteiger charge is -2.12. The monoisotopic (exact) mass is 362 g/mol. The second-order valence-corrected chi connectivity index (χ2v) is 5.46. The molecule has 0 fully saturated rings. The van der Waals surface area contributed by atoms with Crippen molar-refractivity contribution in [3.05, 3.63) is 40.7 Å². The molecule has 0 bridgehead atoms. The van der Waals surface area contributed by atoms with Crippen LogP contribution in [0.1, 0.15) is 41.9 Å². The molecule has 1 unspecified atom stereocenters. The molecule has 2 N–H and O–H groups in total. The van der Waals surface area contributed by atoms with E-state index < -0.39 is 18.4 Å². The van der Waals surface area contributed by atoms with E-state index in [4.69, 9.17) is 16.7 Å². The second-order valence-electron chi connectivity index (χ2n) is 5.05. The molecule has 2 rings (SSSR count). The summed E-state index contributed by atoms with van der Waals surface area (Å²) < 4.78 is 39.1. The number of alkyl halides is 2. The number of amides is 1. The zero-order valence-electron chi connectivity index (χ0n) is 12.5. The van der Waals surface area contributed by atoms with Gasteiger partial charge in [0.15, 0.2) is 5.69 Å². The summed E-state index contributed by atoms with van der Waals surface area (Å²) in [4.78, 5) is 15.6. The Bertz CT molecular complexity index is 739. The first-order valence-corrected chi connectivity index (χ1v) is 7.31. The van der Waals surface area contributed by atoms with Crippen molar-refractivity contribution < 1.29 is 23.1 Å². The molecule has 130 valence electrons. The number of nitrogens with one attached hydrogen (secondary N) is 1. The van der Waals surface area contributed by atoms with Crippen LogP contribution in [0.3, 0.4) is 0 Å². The number of aliphatic hydroxyl groups is 1. The van der Waals surface area contributed by atoms with Crippen LogP contribution in [-0.4, -0.2) is 32.4 Å². The molecule has 0 aromatic carbocycles. The molecule has 0 aliphatic heterocycles. The van der Waals surface area contributed by atoms with Gasteiger partial charge in [0, 0.05) is 12.2 Å². The van der Waals surface area contributed by atoms with Crippen LogP contribution < -0.4 is 5.32 Å². The average Bonchev–Trinajstić information content (AvgIpc) is 2.91. The summed E-state index contributed by atoms with van der Waals surface area (Å²) in [5, 5.41) is 14.5. The fraction of sp³-hybridized carbons (Fsp3) is 0.357. The Labute approximate surface area is 140 Å². The largest absolute Gasteiger partial charge is 0.396 e. The van der Waals surface area contributed by atoms with E-state index in [0.717, 1.165) is 12.4 Å². The van der Waals surface area contributed by atoms with Crippen molar-refractivity contribution in [2.75, 3.05) is 11.9 Å². The lowest BCUT2D eigenvalue weighted by atomic mass is 9.99. The molecule has 24 heavy (non-hydrogen) atoms. The third kappa shape index (κ3) is 4.04. The smallest absolute Gasteiger partial charge is 0.333 e. The van der Waals surface area contributed by atoms with Crippen molar-refractivity contribution >= 4 is 23.2 Å². The van der Waals surface area contributed by atoms with Gasteiger partial charge in [0.1, 0.15) is 0 Å².